The number of hydrogen-bond acceptors (Lipinski definition) is 4. The first kappa shape index (κ1) is 22.7. The summed E-state index contributed by atoms with van der Waals surface area (Å²) in [5, 5.41) is 8.32. The van der Waals surface area contributed by atoms with E-state index in [1.165, 1.54) is 33.5 Å². The number of hydrogen-bond donors (Lipinski definition) is 1. The normalized spacial score (nSPS) is 20.5. The monoisotopic (exact) mass is 515 g/mol. The second-order valence-electron chi connectivity index (χ2n) is 8.90. The Hall–Kier alpha value is -2.76. The lowest BCUT2D eigenvalue weighted by atomic mass is 9.88. The van der Waals surface area contributed by atoms with E-state index in [-0.39, 0.29) is 6.04 Å². The van der Waals surface area contributed by atoms with Crippen molar-refractivity contribution in [3.05, 3.63) is 127 Å². The highest BCUT2D eigenvalue weighted by molar-refractivity contribution is 8.16. The third-order valence-electron chi connectivity index (χ3n) is 6.52. The van der Waals surface area contributed by atoms with Gasteiger partial charge in [-0.1, -0.05) is 89.1 Å². The summed E-state index contributed by atoms with van der Waals surface area (Å²) in [4.78, 5) is 7.60. The van der Waals surface area contributed by atoms with Crippen LogP contribution < -0.4 is 5.32 Å². The molecule has 0 aromatic heterocycles. The van der Waals surface area contributed by atoms with Crippen LogP contribution in [0.4, 0.5) is 0 Å². The average molecular weight is 516 g/mol. The zero-order valence-electron chi connectivity index (χ0n) is 19.1. The molecular weight excluding hydrogens is 493 g/mol. The van der Waals surface area contributed by atoms with Crippen molar-refractivity contribution in [2.45, 2.75) is 13.0 Å². The first-order chi connectivity index (χ1) is 17.1. The van der Waals surface area contributed by atoms with E-state index in [1.54, 1.807) is 11.8 Å². The molecule has 3 aromatic rings. The molecule has 3 heterocycles. The number of rotatable bonds is 3. The predicted molar refractivity (Wildman–Crippen MR) is 150 cm³/mol. The molecule has 1 N–H and O–H groups in total. The van der Waals surface area contributed by atoms with E-state index >= 15 is 0 Å². The average Bonchev–Trinajstić information content (AvgIpc) is 3.29. The fourth-order valence-electron chi connectivity index (χ4n) is 4.79. The third-order valence-corrected chi connectivity index (χ3v) is 7.86. The van der Waals surface area contributed by atoms with Crippen LogP contribution in [0.5, 0.6) is 0 Å². The second-order valence-corrected chi connectivity index (χ2v) is 10.6. The van der Waals surface area contributed by atoms with Crippen molar-refractivity contribution in [3.63, 3.8) is 0 Å². The molecule has 1 atom stereocenters. The fourth-order valence-corrected chi connectivity index (χ4v) is 5.97. The SMILES string of the molecule is Cc1ccc(C2=CSC3=NC4=C(CNC/C4=C/c4ccc(Cl)cc4)C(c4ccc(Cl)cc4)N23)cc1. The molecule has 0 bridgehead atoms. The third kappa shape index (κ3) is 4.36. The maximum Gasteiger partial charge on any atom is 0.174 e. The second kappa shape index (κ2) is 9.36. The molecule has 3 aliphatic heterocycles. The van der Waals surface area contributed by atoms with Gasteiger partial charge in [0.25, 0.3) is 0 Å². The fraction of sp³-hybridized carbons (Fsp3) is 0.138. The molecule has 0 aliphatic carbocycles. The van der Waals surface area contributed by atoms with Gasteiger partial charge >= 0.3 is 0 Å². The number of halogens is 2. The zero-order valence-corrected chi connectivity index (χ0v) is 21.5. The Morgan fingerprint density at radius 1 is 0.914 bits per heavy atom. The highest BCUT2D eigenvalue weighted by atomic mass is 35.5. The van der Waals surface area contributed by atoms with Crippen LogP contribution in [0.2, 0.25) is 10.0 Å². The molecule has 0 amide bonds. The van der Waals surface area contributed by atoms with Crippen LogP contribution in [0.25, 0.3) is 11.8 Å². The number of fused-ring (bicyclic) bond motifs is 1. The summed E-state index contributed by atoms with van der Waals surface area (Å²) in [6, 6.07) is 24.9. The smallest absolute Gasteiger partial charge is 0.174 e. The number of nitrogens with zero attached hydrogens (tertiary/aromatic N) is 2. The van der Waals surface area contributed by atoms with Crippen LogP contribution in [0.3, 0.4) is 0 Å². The minimum absolute atomic E-state index is 0.0266. The molecular formula is C29H23Cl2N3S. The first-order valence-electron chi connectivity index (χ1n) is 11.5. The van der Waals surface area contributed by atoms with Gasteiger partial charge in [0.05, 0.1) is 17.4 Å². The Morgan fingerprint density at radius 3 is 2.31 bits per heavy atom. The highest BCUT2D eigenvalue weighted by Gasteiger charge is 2.40. The summed E-state index contributed by atoms with van der Waals surface area (Å²) in [5.41, 5.74) is 9.46. The first-order valence-corrected chi connectivity index (χ1v) is 13.2. The van der Waals surface area contributed by atoms with Crippen molar-refractivity contribution in [2.75, 3.05) is 13.1 Å². The topological polar surface area (TPSA) is 27.6 Å². The molecule has 0 fully saturated rings. The molecule has 6 heteroatoms. The summed E-state index contributed by atoms with van der Waals surface area (Å²) in [5.74, 6) is 0. The Labute approximate surface area is 219 Å². The van der Waals surface area contributed by atoms with Crippen molar-refractivity contribution >= 4 is 51.9 Å². The van der Waals surface area contributed by atoms with Crippen molar-refractivity contribution in [2.24, 2.45) is 4.99 Å². The van der Waals surface area contributed by atoms with Crippen LogP contribution in [0.1, 0.15) is 28.3 Å². The van der Waals surface area contributed by atoms with Gasteiger partial charge in [-0.3, -0.25) is 0 Å². The Morgan fingerprint density at radius 2 is 1.60 bits per heavy atom. The standard InChI is InChI=1S/C29H23Cl2N3S/c1-18-2-6-20(7-3-18)26-17-35-29-33-27-22(14-19-4-10-23(30)11-5-19)15-32-16-25(27)28(34(26)29)21-8-12-24(31)13-9-21/h2-14,17,28,32H,15-16H2,1H3/b22-14-. The lowest BCUT2D eigenvalue weighted by Gasteiger charge is -2.40. The van der Waals surface area contributed by atoms with Crippen LogP contribution in [0, 0.1) is 6.92 Å². The van der Waals surface area contributed by atoms with Gasteiger partial charge in [0.15, 0.2) is 5.17 Å². The van der Waals surface area contributed by atoms with Gasteiger partial charge < -0.3 is 10.2 Å². The van der Waals surface area contributed by atoms with Gasteiger partial charge in [0.2, 0.25) is 0 Å². The number of amidine groups is 1. The quantitative estimate of drug-likeness (QED) is 0.387. The summed E-state index contributed by atoms with van der Waals surface area (Å²) < 4.78 is 0. The summed E-state index contributed by atoms with van der Waals surface area (Å²) in [6.45, 7) is 3.67. The van der Waals surface area contributed by atoms with Gasteiger partial charge in [0, 0.05) is 28.5 Å². The molecule has 3 nitrogen and oxygen atoms in total. The molecule has 174 valence electrons. The lowest BCUT2D eigenvalue weighted by Crippen LogP contribution is -2.40. The minimum atomic E-state index is 0.0266. The van der Waals surface area contributed by atoms with Crippen LogP contribution in [-0.4, -0.2) is 23.2 Å². The van der Waals surface area contributed by atoms with E-state index in [4.69, 9.17) is 28.2 Å². The molecule has 6 rings (SSSR count). The molecule has 3 aliphatic rings. The molecule has 0 spiro atoms. The Kier molecular flexibility index (Phi) is 6.07. The maximum absolute atomic E-state index is 6.27. The van der Waals surface area contributed by atoms with Crippen molar-refractivity contribution < 1.29 is 0 Å². The van der Waals surface area contributed by atoms with Crippen LogP contribution >= 0.6 is 35.0 Å². The van der Waals surface area contributed by atoms with E-state index in [0.717, 1.165) is 39.6 Å². The van der Waals surface area contributed by atoms with E-state index in [9.17, 15) is 0 Å². The molecule has 35 heavy (non-hydrogen) atoms. The van der Waals surface area contributed by atoms with Crippen LogP contribution in [0.15, 0.2) is 100 Å². The van der Waals surface area contributed by atoms with Gasteiger partial charge in [-0.05, 0) is 65.1 Å². The van der Waals surface area contributed by atoms with Crippen molar-refractivity contribution in [1.82, 2.24) is 10.2 Å². The number of nitrogens with one attached hydrogen (secondary N) is 1. The molecule has 1 unspecified atom stereocenters. The minimum Gasteiger partial charge on any atom is -0.309 e. The number of thioether (sulfide) groups is 1. The largest absolute Gasteiger partial charge is 0.309 e. The highest BCUT2D eigenvalue weighted by Crippen LogP contribution is 2.48. The number of benzene rings is 3. The van der Waals surface area contributed by atoms with E-state index in [0.29, 0.717) is 0 Å². The zero-order chi connectivity index (χ0) is 23.9. The summed E-state index contributed by atoms with van der Waals surface area (Å²) >= 11 is 14.1. The Balaban J connectivity index is 1.48. The lowest BCUT2D eigenvalue weighted by molar-refractivity contribution is 0.462. The Bertz CT molecular complexity index is 1400. The van der Waals surface area contributed by atoms with E-state index in [1.807, 2.05) is 36.4 Å². The van der Waals surface area contributed by atoms with Gasteiger partial charge in [0.1, 0.15) is 0 Å². The number of aliphatic imine (C=N–C) groups is 1. The molecule has 0 radical (unpaired) electrons. The number of aryl methyl sites for hydroxylation is 1. The predicted octanol–water partition coefficient (Wildman–Crippen LogP) is 7.70. The van der Waals surface area contributed by atoms with Crippen molar-refractivity contribution in [1.29, 1.82) is 0 Å². The molecule has 0 saturated heterocycles. The van der Waals surface area contributed by atoms with Gasteiger partial charge in [-0.25, -0.2) is 4.99 Å². The summed E-state index contributed by atoms with van der Waals surface area (Å²) in [6.07, 6.45) is 2.21. The molecule has 3 aromatic carbocycles. The molecule has 0 saturated carbocycles. The van der Waals surface area contributed by atoms with E-state index < -0.39 is 0 Å². The van der Waals surface area contributed by atoms with Crippen molar-refractivity contribution in [3.8, 4) is 0 Å². The van der Waals surface area contributed by atoms with Gasteiger partial charge in [-0.15, -0.1) is 0 Å². The summed E-state index contributed by atoms with van der Waals surface area (Å²) in [7, 11) is 0. The maximum atomic E-state index is 6.27. The van der Waals surface area contributed by atoms with E-state index in [2.05, 4.69) is 65.0 Å². The van der Waals surface area contributed by atoms with Gasteiger partial charge in [-0.2, -0.15) is 0 Å². The van der Waals surface area contributed by atoms with Crippen LogP contribution in [-0.2, 0) is 0 Å².